The number of rotatable bonds is 3. The average Bonchev–Trinajstić information content (AvgIpc) is 3.19. The molecule has 0 aliphatic carbocycles. The van der Waals surface area contributed by atoms with Gasteiger partial charge in [-0.1, -0.05) is 76.6 Å². The van der Waals surface area contributed by atoms with E-state index in [1.165, 1.54) is 6.07 Å². The largest absolute Gasteiger partial charge is 0.347 e. The van der Waals surface area contributed by atoms with E-state index in [0.29, 0.717) is 23.8 Å². The van der Waals surface area contributed by atoms with Gasteiger partial charge in [-0.2, -0.15) is 4.98 Å². The Morgan fingerprint density at radius 2 is 1.66 bits per heavy atom. The van der Waals surface area contributed by atoms with Crippen molar-refractivity contribution >= 4 is 21.9 Å². The Morgan fingerprint density at radius 1 is 0.931 bits per heavy atom. The molecule has 4 aromatic rings. The van der Waals surface area contributed by atoms with Crippen LogP contribution in [0.4, 0.5) is 10.3 Å². The highest BCUT2D eigenvalue weighted by Gasteiger charge is 2.32. The van der Waals surface area contributed by atoms with Crippen molar-refractivity contribution in [1.82, 2.24) is 14.8 Å². The first kappa shape index (κ1) is 18.1. The average molecular weight is 449 g/mol. The molecule has 144 valence electrons. The summed E-state index contributed by atoms with van der Waals surface area (Å²) in [5.41, 5.74) is 2.69. The summed E-state index contributed by atoms with van der Waals surface area (Å²) in [6.45, 7) is 0. The van der Waals surface area contributed by atoms with E-state index in [2.05, 4.69) is 33.4 Å². The molecule has 3 aromatic carbocycles. The molecule has 4 nitrogen and oxygen atoms in total. The topological polar surface area (TPSA) is 42.7 Å². The third-order valence-corrected chi connectivity index (χ3v) is 5.79. The summed E-state index contributed by atoms with van der Waals surface area (Å²) in [5.74, 6) is 1.05. The molecule has 0 saturated heterocycles. The highest BCUT2D eigenvalue weighted by molar-refractivity contribution is 9.10. The number of fused-ring (bicyclic) bond motifs is 1. The summed E-state index contributed by atoms with van der Waals surface area (Å²) >= 11 is 3.49. The second kappa shape index (κ2) is 7.44. The van der Waals surface area contributed by atoms with Crippen molar-refractivity contribution in [1.29, 1.82) is 0 Å². The standard InChI is InChI=1S/C23H18BrFN4/c24-17-12-10-15(11-13-17)20-14-21(18-8-4-5-9-19(18)25)29-23(26-20)27-22(28-29)16-6-2-1-3-7-16/h1-13,20-21H,14H2,(H,26,27,28)/t20-,21-/m0/s1. The number of benzene rings is 3. The molecule has 5 rings (SSSR count). The van der Waals surface area contributed by atoms with Crippen molar-refractivity contribution in [2.45, 2.75) is 18.5 Å². The first-order valence-electron chi connectivity index (χ1n) is 9.47. The maximum Gasteiger partial charge on any atom is 0.222 e. The molecule has 0 spiro atoms. The van der Waals surface area contributed by atoms with Gasteiger partial charge in [0.1, 0.15) is 5.82 Å². The first-order valence-corrected chi connectivity index (χ1v) is 10.3. The van der Waals surface area contributed by atoms with E-state index < -0.39 is 0 Å². The van der Waals surface area contributed by atoms with E-state index in [1.54, 1.807) is 6.07 Å². The molecular weight excluding hydrogens is 431 g/mol. The molecular formula is C23H18BrFN4. The Labute approximate surface area is 176 Å². The van der Waals surface area contributed by atoms with Gasteiger partial charge in [-0.3, -0.25) is 0 Å². The van der Waals surface area contributed by atoms with E-state index in [9.17, 15) is 4.39 Å². The lowest BCUT2D eigenvalue weighted by molar-refractivity contribution is 0.416. The number of anilines is 1. The second-order valence-electron chi connectivity index (χ2n) is 7.09. The molecule has 0 amide bonds. The number of halogens is 2. The lowest BCUT2D eigenvalue weighted by Gasteiger charge is -2.32. The fourth-order valence-electron chi connectivity index (χ4n) is 3.80. The first-order chi connectivity index (χ1) is 14.2. The Bertz CT molecular complexity index is 1140. The van der Waals surface area contributed by atoms with Gasteiger partial charge < -0.3 is 5.32 Å². The zero-order valence-corrected chi connectivity index (χ0v) is 17.1. The summed E-state index contributed by atoms with van der Waals surface area (Å²) in [7, 11) is 0. The predicted molar refractivity (Wildman–Crippen MR) is 115 cm³/mol. The van der Waals surface area contributed by atoms with Crippen molar-refractivity contribution in [3.05, 3.63) is 100 Å². The lowest BCUT2D eigenvalue weighted by Crippen LogP contribution is -2.28. The number of aromatic nitrogens is 3. The molecule has 0 saturated carbocycles. The fraction of sp³-hybridized carbons (Fsp3) is 0.130. The van der Waals surface area contributed by atoms with Crippen LogP contribution in [0.25, 0.3) is 11.4 Å². The quantitative estimate of drug-likeness (QED) is 0.418. The summed E-state index contributed by atoms with van der Waals surface area (Å²) in [5, 5.41) is 8.22. The number of hydrogen-bond donors (Lipinski definition) is 1. The van der Waals surface area contributed by atoms with Gasteiger partial charge in [-0.15, -0.1) is 5.10 Å². The van der Waals surface area contributed by atoms with Crippen molar-refractivity contribution in [3.63, 3.8) is 0 Å². The van der Waals surface area contributed by atoms with Gasteiger partial charge in [0.2, 0.25) is 5.95 Å². The van der Waals surface area contributed by atoms with Crippen LogP contribution < -0.4 is 5.32 Å². The molecule has 6 heteroatoms. The van der Waals surface area contributed by atoms with Gasteiger partial charge in [0, 0.05) is 15.6 Å². The summed E-state index contributed by atoms with van der Waals surface area (Å²) < 4.78 is 17.5. The van der Waals surface area contributed by atoms with Gasteiger partial charge in [-0.05, 0) is 30.2 Å². The minimum absolute atomic E-state index is 0.00743. The number of nitrogens with zero attached hydrogens (tertiary/aromatic N) is 3. The van der Waals surface area contributed by atoms with Gasteiger partial charge in [0.25, 0.3) is 0 Å². The highest BCUT2D eigenvalue weighted by atomic mass is 79.9. The molecule has 1 N–H and O–H groups in total. The third kappa shape index (κ3) is 3.44. The SMILES string of the molecule is Fc1ccccc1[C@@H]1C[C@@H](c2ccc(Br)cc2)Nc2nc(-c3ccccc3)nn21. The van der Waals surface area contributed by atoms with E-state index in [4.69, 9.17) is 10.1 Å². The van der Waals surface area contributed by atoms with Crippen molar-refractivity contribution in [2.75, 3.05) is 5.32 Å². The van der Waals surface area contributed by atoms with E-state index in [0.717, 1.165) is 15.6 Å². The predicted octanol–water partition coefficient (Wildman–Crippen LogP) is 5.99. The van der Waals surface area contributed by atoms with Crippen molar-refractivity contribution in [3.8, 4) is 11.4 Å². The molecule has 1 aliphatic rings. The zero-order valence-electron chi connectivity index (χ0n) is 15.5. The molecule has 0 bridgehead atoms. The van der Waals surface area contributed by atoms with Crippen molar-refractivity contribution in [2.24, 2.45) is 0 Å². The Balaban J connectivity index is 1.61. The fourth-order valence-corrected chi connectivity index (χ4v) is 4.07. The summed E-state index contributed by atoms with van der Waals surface area (Å²) in [6, 6.07) is 24.7. The highest BCUT2D eigenvalue weighted by Crippen LogP contribution is 2.39. The van der Waals surface area contributed by atoms with Crippen LogP contribution in [0.15, 0.2) is 83.3 Å². The molecule has 1 aromatic heterocycles. The molecule has 1 aliphatic heterocycles. The van der Waals surface area contributed by atoms with E-state index >= 15 is 0 Å². The minimum Gasteiger partial charge on any atom is -0.347 e. The van der Waals surface area contributed by atoms with Gasteiger partial charge in [0.15, 0.2) is 5.82 Å². The maximum atomic E-state index is 14.7. The van der Waals surface area contributed by atoms with Crippen LogP contribution in [0, 0.1) is 5.82 Å². The molecule has 2 heterocycles. The van der Waals surface area contributed by atoms with Crippen LogP contribution in [0.1, 0.15) is 29.6 Å². The van der Waals surface area contributed by atoms with Gasteiger partial charge in [0.05, 0.1) is 12.1 Å². The van der Waals surface area contributed by atoms with Crippen LogP contribution >= 0.6 is 15.9 Å². The second-order valence-corrected chi connectivity index (χ2v) is 8.01. The number of hydrogen-bond acceptors (Lipinski definition) is 3. The zero-order chi connectivity index (χ0) is 19.8. The van der Waals surface area contributed by atoms with Crippen LogP contribution in [-0.4, -0.2) is 14.8 Å². The molecule has 0 radical (unpaired) electrons. The lowest BCUT2D eigenvalue weighted by atomic mass is 9.93. The number of nitrogens with one attached hydrogen (secondary N) is 1. The molecule has 2 atom stereocenters. The summed E-state index contributed by atoms with van der Waals surface area (Å²) in [4.78, 5) is 4.73. The van der Waals surface area contributed by atoms with Crippen LogP contribution in [-0.2, 0) is 0 Å². The molecule has 29 heavy (non-hydrogen) atoms. The third-order valence-electron chi connectivity index (χ3n) is 5.26. The normalized spacial score (nSPS) is 18.1. The monoisotopic (exact) mass is 448 g/mol. The minimum atomic E-state index is -0.244. The Hall–Kier alpha value is -2.99. The van der Waals surface area contributed by atoms with E-state index in [-0.39, 0.29) is 17.9 Å². The van der Waals surface area contributed by atoms with E-state index in [1.807, 2.05) is 59.3 Å². The van der Waals surface area contributed by atoms with Gasteiger partial charge in [-0.25, -0.2) is 9.07 Å². The van der Waals surface area contributed by atoms with Crippen LogP contribution in [0.3, 0.4) is 0 Å². The Morgan fingerprint density at radius 3 is 2.41 bits per heavy atom. The molecule has 0 unspecified atom stereocenters. The summed E-state index contributed by atoms with van der Waals surface area (Å²) in [6.07, 6.45) is 0.674. The molecule has 0 fully saturated rings. The maximum absolute atomic E-state index is 14.7. The van der Waals surface area contributed by atoms with Crippen LogP contribution in [0.2, 0.25) is 0 Å². The van der Waals surface area contributed by atoms with Gasteiger partial charge >= 0.3 is 0 Å². The smallest absolute Gasteiger partial charge is 0.222 e. The van der Waals surface area contributed by atoms with Crippen LogP contribution in [0.5, 0.6) is 0 Å². The van der Waals surface area contributed by atoms with Crippen molar-refractivity contribution < 1.29 is 4.39 Å². The Kier molecular flexibility index (Phi) is 4.64.